The fourth-order valence-electron chi connectivity index (χ4n) is 3.85. The largest absolute Gasteiger partial charge is 0.454 e. The molecule has 1 aliphatic carbocycles. The van der Waals surface area contributed by atoms with Gasteiger partial charge in [0, 0.05) is 29.6 Å². The minimum Gasteiger partial charge on any atom is -0.454 e. The molecule has 0 unspecified atom stereocenters. The first-order valence-corrected chi connectivity index (χ1v) is 10.2. The summed E-state index contributed by atoms with van der Waals surface area (Å²) in [5.41, 5.74) is 1.12. The molecular formula is C20H25N3O4S. The molecule has 2 heterocycles. The molecule has 1 saturated carbocycles. The number of benzene rings is 1. The third kappa shape index (κ3) is 4.07. The van der Waals surface area contributed by atoms with Crippen LogP contribution in [0.5, 0.6) is 11.5 Å². The molecule has 1 aromatic heterocycles. The molecule has 0 amide bonds. The average molecular weight is 404 g/mol. The molecule has 0 atom stereocenters. The molecule has 2 aromatic rings. The molecule has 0 bridgehead atoms. The van der Waals surface area contributed by atoms with Crippen LogP contribution in [0.3, 0.4) is 0 Å². The van der Waals surface area contributed by atoms with Gasteiger partial charge in [-0.3, -0.25) is 4.79 Å². The number of hydrogen-bond donors (Lipinski definition) is 3. The number of rotatable bonds is 5. The van der Waals surface area contributed by atoms with E-state index in [4.69, 9.17) is 21.7 Å². The van der Waals surface area contributed by atoms with E-state index in [1.54, 1.807) is 6.07 Å². The minimum absolute atomic E-state index is 0.0311. The highest BCUT2D eigenvalue weighted by atomic mass is 32.1. The van der Waals surface area contributed by atoms with Gasteiger partial charge < -0.3 is 29.8 Å². The molecule has 3 N–H and O–H groups in total. The molecule has 0 spiro atoms. The molecule has 4 rings (SSSR count). The van der Waals surface area contributed by atoms with Gasteiger partial charge >= 0.3 is 0 Å². The predicted octanol–water partition coefficient (Wildman–Crippen LogP) is 2.26. The summed E-state index contributed by atoms with van der Waals surface area (Å²) < 4.78 is 10.8. The minimum atomic E-state index is -0.172. The smallest absolute Gasteiger partial charge is 0.253 e. The third-order valence-corrected chi connectivity index (χ3v) is 5.74. The quantitative estimate of drug-likeness (QED) is 0.660. The second kappa shape index (κ2) is 8.36. The number of aliphatic hydroxyl groups is 1. The standard InChI is InChI=1S/C20H25N3O4S/c24-7-6-23(20(28)21-15-4-2-1-3-5-15)11-14-8-13-9-17-18(27-12-26-17)10-16(13)22-19(14)25/h8-10,15,24H,1-7,11-12H2,(H,21,28)(H,22,25). The van der Waals surface area contributed by atoms with Crippen molar-refractivity contribution >= 4 is 28.2 Å². The second-order valence-corrected chi connectivity index (χ2v) is 7.73. The van der Waals surface area contributed by atoms with Crippen molar-refractivity contribution in [3.8, 4) is 11.5 Å². The van der Waals surface area contributed by atoms with Crippen LogP contribution in [-0.4, -0.2) is 46.1 Å². The molecule has 28 heavy (non-hydrogen) atoms. The lowest BCUT2D eigenvalue weighted by atomic mass is 9.96. The van der Waals surface area contributed by atoms with E-state index in [0.29, 0.717) is 46.8 Å². The van der Waals surface area contributed by atoms with E-state index in [9.17, 15) is 9.90 Å². The van der Waals surface area contributed by atoms with Gasteiger partial charge in [-0.1, -0.05) is 19.3 Å². The Balaban J connectivity index is 1.54. The highest BCUT2D eigenvalue weighted by Gasteiger charge is 2.19. The van der Waals surface area contributed by atoms with Crippen molar-refractivity contribution in [2.45, 2.75) is 44.7 Å². The maximum absolute atomic E-state index is 12.6. The van der Waals surface area contributed by atoms with Crippen molar-refractivity contribution in [3.05, 3.63) is 34.1 Å². The number of hydrogen-bond acceptors (Lipinski definition) is 5. The van der Waals surface area contributed by atoms with E-state index in [1.807, 2.05) is 17.0 Å². The summed E-state index contributed by atoms with van der Waals surface area (Å²) in [6.07, 6.45) is 5.91. The molecule has 1 aliphatic heterocycles. The number of nitrogens with one attached hydrogen (secondary N) is 2. The average Bonchev–Trinajstić information content (AvgIpc) is 3.14. The van der Waals surface area contributed by atoms with Crippen LogP contribution < -0.4 is 20.3 Å². The number of aromatic nitrogens is 1. The summed E-state index contributed by atoms with van der Waals surface area (Å²) in [7, 11) is 0. The molecule has 7 nitrogen and oxygen atoms in total. The molecule has 8 heteroatoms. The SMILES string of the molecule is O=c1[nH]c2cc3c(cc2cc1CN(CCO)C(=S)NC1CCCCC1)OCO3. The Morgan fingerprint density at radius 3 is 2.71 bits per heavy atom. The number of thiocarbonyl (C=S) groups is 1. The lowest BCUT2D eigenvalue weighted by Gasteiger charge is -2.30. The highest BCUT2D eigenvalue weighted by molar-refractivity contribution is 7.80. The van der Waals surface area contributed by atoms with E-state index in [1.165, 1.54) is 19.3 Å². The van der Waals surface area contributed by atoms with Gasteiger partial charge in [-0.05, 0) is 37.2 Å². The van der Waals surface area contributed by atoms with Crippen molar-refractivity contribution in [1.82, 2.24) is 15.2 Å². The molecule has 1 fully saturated rings. The van der Waals surface area contributed by atoms with Crippen LogP contribution in [-0.2, 0) is 6.54 Å². The van der Waals surface area contributed by atoms with Gasteiger partial charge in [0.1, 0.15) is 0 Å². The second-order valence-electron chi connectivity index (χ2n) is 7.35. The van der Waals surface area contributed by atoms with Crippen LogP contribution in [0.4, 0.5) is 0 Å². The molecule has 0 radical (unpaired) electrons. The summed E-state index contributed by atoms with van der Waals surface area (Å²) in [6.45, 7) is 0.862. The number of ether oxygens (including phenoxy) is 2. The fourth-order valence-corrected chi connectivity index (χ4v) is 4.17. The molecule has 150 valence electrons. The van der Waals surface area contributed by atoms with Crippen molar-refractivity contribution in [2.24, 2.45) is 0 Å². The maximum Gasteiger partial charge on any atom is 0.253 e. The van der Waals surface area contributed by atoms with E-state index in [-0.39, 0.29) is 19.0 Å². The van der Waals surface area contributed by atoms with Gasteiger partial charge in [0.05, 0.1) is 18.7 Å². The van der Waals surface area contributed by atoms with Gasteiger partial charge in [0.25, 0.3) is 5.56 Å². The number of aromatic amines is 1. The zero-order valence-electron chi connectivity index (χ0n) is 15.7. The van der Waals surface area contributed by atoms with Gasteiger partial charge in [0.2, 0.25) is 6.79 Å². The van der Waals surface area contributed by atoms with Gasteiger partial charge in [-0.2, -0.15) is 0 Å². The zero-order chi connectivity index (χ0) is 19.5. The lowest BCUT2D eigenvalue weighted by Crippen LogP contribution is -2.46. The Morgan fingerprint density at radius 1 is 1.21 bits per heavy atom. The normalized spacial score (nSPS) is 16.3. The highest BCUT2D eigenvalue weighted by Crippen LogP contribution is 2.35. The van der Waals surface area contributed by atoms with E-state index < -0.39 is 0 Å². The van der Waals surface area contributed by atoms with E-state index in [0.717, 1.165) is 18.2 Å². The number of nitrogens with zero attached hydrogens (tertiary/aromatic N) is 1. The Bertz CT molecular complexity index is 924. The molecule has 2 aliphatic rings. The number of aliphatic hydroxyl groups excluding tert-OH is 1. The summed E-state index contributed by atoms with van der Waals surface area (Å²) >= 11 is 5.58. The van der Waals surface area contributed by atoms with E-state index >= 15 is 0 Å². The monoisotopic (exact) mass is 403 g/mol. The predicted molar refractivity (Wildman–Crippen MR) is 111 cm³/mol. The van der Waals surface area contributed by atoms with Crippen LogP contribution in [0.25, 0.3) is 10.9 Å². The van der Waals surface area contributed by atoms with Crippen molar-refractivity contribution < 1.29 is 14.6 Å². The van der Waals surface area contributed by atoms with Crippen LogP contribution in [0.1, 0.15) is 37.7 Å². The Kier molecular flexibility index (Phi) is 5.68. The topological polar surface area (TPSA) is 86.8 Å². The van der Waals surface area contributed by atoms with Crippen LogP contribution >= 0.6 is 12.2 Å². The summed E-state index contributed by atoms with van der Waals surface area (Å²) in [5.74, 6) is 1.31. The van der Waals surface area contributed by atoms with Crippen LogP contribution in [0.2, 0.25) is 0 Å². The van der Waals surface area contributed by atoms with E-state index in [2.05, 4.69) is 10.3 Å². The Hall–Kier alpha value is -2.32. The Morgan fingerprint density at radius 2 is 1.96 bits per heavy atom. The first-order valence-electron chi connectivity index (χ1n) is 9.76. The van der Waals surface area contributed by atoms with Crippen molar-refractivity contribution in [3.63, 3.8) is 0 Å². The van der Waals surface area contributed by atoms with Gasteiger partial charge in [-0.25, -0.2) is 0 Å². The zero-order valence-corrected chi connectivity index (χ0v) is 16.5. The lowest BCUT2D eigenvalue weighted by molar-refractivity contribution is 0.174. The van der Waals surface area contributed by atoms with Gasteiger partial charge in [-0.15, -0.1) is 0 Å². The van der Waals surface area contributed by atoms with Crippen LogP contribution in [0.15, 0.2) is 23.0 Å². The molecule has 0 saturated heterocycles. The Labute approximate surface area is 168 Å². The fraction of sp³-hybridized carbons (Fsp3) is 0.500. The summed E-state index contributed by atoms with van der Waals surface area (Å²) in [4.78, 5) is 17.4. The first kappa shape index (κ1) is 19.0. The summed E-state index contributed by atoms with van der Waals surface area (Å²) in [6, 6.07) is 5.87. The van der Waals surface area contributed by atoms with Crippen LogP contribution in [0, 0.1) is 0 Å². The number of pyridine rings is 1. The first-order chi connectivity index (χ1) is 13.6. The van der Waals surface area contributed by atoms with Crippen molar-refractivity contribution in [1.29, 1.82) is 0 Å². The third-order valence-electron chi connectivity index (χ3n) is 5.37. The summed E-state index contributed by atoms with van der Waals surface area (Å²) in [5, 5.41) is 14.3. The van der Waals surface area contributed by atoms with Gasteiger partial charge in [0.15, 0.2) is 16.6 Å². The number of H-pyrrole nitrogens is 1. The molecular weight excluding hydrogens is 378 g/mol. The number of fused-ring (bicyclic) bond motifs is 2. The van der Waals surface area contributed by atoms with Crippen molar-refractivity contribution in [2.75, 3.05) is 19.9 Å². The molecule has 1 aromatic carbocycles. The maximum atomic E-state index is 12.6.